The molecule has 1 atom stereocenters. The molecule has 2 aromatic rings. The Labute approximate surface area is 98.8 Å². The zero-order valence-electron chi connectivity index (χ0n) is 9.54. The number of rotatable bonds is 5. The van der Waals surface area contributed by atoms with E-state index >= 15 is 0 Å². The molecule has 0 aliphatic rings. The van der Waals surface area contributed by atoms with Gasteiger partial charge in [-0.15, -0.1) is 0 Å². The fraction of sp³-hybridized carbons (Fsp3) is 0.364. The molecule has 0 radical (unpaired) electrons. The van der Waals surface area contributed by atoms with Gasteiger partial charge in [0.25, 0.3) is 5.89 Å². The van der Waals surface area contributed by atoms with Gasteiger partial charge in [0, 0.05) is 24.6 Å². The van der Waals surface area contributed by atoms with E-state index in [-0.39, 0.29) is 6.04 Å². The van der Waals surface area contributed by atoms with Crippen LogP contribution < -0.4 is 5.73 Å². The summed E-state index contributed by atoms with van der Waals surface area (Å²) >= 11 is 0. The Bertz CT molecular complexity index is 458. The van der Waals surface area contributed by atoms with Crippen LogP contribution in [-0.4, -0.2) is 28.3 Å². The lowest BCUT2D eigenvalue weighted by Gasteiger charge is -2.05. The molecule has 0 fully saturated rings. The van der Waals surface area contributed by atoms with Crippen molar-refractivity contribution < 1.29 is 9.26 Å². The molecule has 0 aromatic carbocycles. The highest BCUT2D eigenvalue weighted by Crippen LogP contribution is 2.17. The second-order valence-electron chi connectivity index (χ2n) is 3.46. The Morgan fingerprint density at radius 1 is 1.41 bits per heavy atom. The number of nitrogens with two attached hydrogens (primary N) is 1. The van der Waals surface area contributed by atoms with Gasteiger partial charge in [-0.25, -0.2) is 0 Å². The highest BCUT2D eigenvalue weighted by atomic mass is 16.5. The summed E-state index contributed by atoms with van der Waals surface area (Å²) in [7, 11) is 0. The summed E-state index contributed by atoms with van der Waals surface area (Å²) in [6, 6.07) is 3.23. The molecular formula is C11H14N4O2. The molecule has 0 saturated heterocycles. The van der Waals surface area contributed by atoms with Crippen molar-refractivity contribution in [2.45, 2.75) is 13.0 Å². The van der Waals surface area contributed by atoms with E-state index < -0.39 is 0 Å². The highest BCUT2D eigenvalue weighted by Gasteiger charge is 2.15. The smallest absolute Gasteiger partial charge is 0.258 e. The first-order valence-electron chi connectivity index (χ1n) is 5.38. The van der Waals surface area contributed by atoms with Gasteiger partial charge in [0.05, 0.1) is 12.6 Å². The number of nitrogens with zero attached hydrogens (tertiary/aromatic N) is 3. The minimum absolute atomic E-state index is 0.366. The van der Waals surface area contributed by atoms with Gasteiger partial charge in [0.15, 0.2) is 5.82 Å². The van der Waals surface area contributed by atoms with E-state index in [4.69, 9.17) is 15.0 Å². The Hall–Kier alpha value is -1.79. The van der Waals surface area contributed by atoms with Gasteiger partial charge in [-0.05, 0) is 19.1 Å². The van der Waals surface area contributed by atoms with Crippen LogP contribution in [0, 0.1) is 0 Å². The van der Waals surface area contributed by atoms with Crippen molar-refractivity contribution in [3.63, 3.8) is 0 Å². The molecule has 90 valence electrons. The van der Waals surface area contributed by atoms with Gasteiger partial charge in [0.1, 0.15) is 0 Å². The van der Waals surface area contributed by atoms with Crippen molar-refractivity contribution >= 4 is 0 Å². The molecular weight excluding hydrogens is 220 g/mol. The van der Waals surface area contributed by atoms with Gasteiger partial charge >= 0.3 is 0 Å². The Balaban J connectivity index is 2.11. The second-order valence-corrected chi connectivity index (χ2v) is 3.46. The van der Waals surface area contributed by atoms with E-state index in [1.54, 1.807) is 24.5 Å². The van der Waals surface area contributed by atoms with E-state index in [0.717, 1.165) is 5.56 Å². The molecule has 0 aliphatic heterocycles. The summed E-state index contributed by atoms with van der Waals surface area (Å²) in [5.41, 5.74) is 6.67. The molecule has 6 heteroatoms. The number of aromatic nitrogens is 3. The van der Waals surface area contributed by atoms with Crippen molar-refractivity contribution in [2.24, 2.45) is 5.73 Å². The van der Waals surface area contributed by atoms with Crippen molar-refractivity contribution in [1.29, 1.82) is 0 Å². The van der Waals surface area contributed by atoms with Gasteiger partial charge < -0.3 is 15.0 Å². The van der Waals surface area contributed by atoms with Gasteiger partial charge in [-0.1, -0.05) is 5.16 Å². The molecule has 17 heavy (non-hydrogen) atoms. The van der Waals surface area contributed by atoms with Gasteiger partial charge in [-0.2, -0.15) is 4.98 Å². The quantitative estimate of drug-likeness (QED) is 0.835. The molecule has 2 rings (SSSR count). The van der Waals surface area contributed by atoms with Crippen LogP contribution in [0.1, 0.15) is 18.8 Å². The normalized spacial score (nSPS) is 12.6. The van der Waals surface area contributed by atoms with Crippen molar-refractivity contribution in [3.8, 4) is 11.5 Å². The molecule has 0 saturated carbocycles. The van der Waals surface area contributed by atoms with Gasteiger partial charge in [0.2, 0.25) is 0 Å². The monoisotopic (exact) mass is 234 g/mol. The van der Waals surface area contributed by atoms with Crippen molar-refractivity contribution in [3.05, 3.63) is 30.4 Å². The maximum absolute atomic E-state index is 5.85. The minimum Gasteiger partial charge on any atom is -0.380 e. The summed E-state index contributed by atoms with van der Waals surface area (Å²) in [6.07, 6.45) is 3.33. The molecule has 2 heterocycles. The maximum Gasteiger partial charge on any atom is 0.258 e. The second kappa shape index (κ2) is 5.51. The van der Waals surface area contributed by atoms with Crippen LogP contribution in [-0.2, 0) is 4.74 Å². The van der Waals surface area contributed by atoms with Crippen LogP contribution in [0.3, 0.4) is 0 Å². The molecule has 0 spiro atoms. The van der Waals surface area contributed by atoms with Crippen LogP contribution in [0.4, 0.5) is 0 Å². The third kappa shape index (κ3) is 2.86. The fourth-order valence-electron chi connectivity index (χ4n) is 1.32. The summed E-state index contributed by atoms with van der Waals surface area (Å²) in [6.45, 7) is 2.90. The first kappa shape index (κ1) is 11.7. The number of hydrogen-bond donors (Lipinski definition) is 1. The highest BCUT2D eigenvalue weighted by molar-refractivity contribution is 5.51. The molecule has 6 nitrogen and oxygen atoms in total. The van der Waals surface area contributed by atoms with Crippen LogP contribution >= 0.6 is 0 Å². The summed E-state index contributed by atoms with van der Waals surface area (Å²) in [4.78, 5) is 8.14. The Morgan fingerprint density at radius 2 is 2.18 bits per heavy atom. The molecule has 0 aliphatic carbocycles. The lowest BCUT2D eigenvalue weighted by Crippen LogP contribution is -2.18. The lowest BCUT2D eigenvalue weighted by molar-refractivity contribution is 0.130. The fourth-order valence-corrected chi connectivity index (χ4v) is 1.32. The molecule has 0 amide bonds. The van der Waals surface area contributed by atoms with Crippen molar-refractivity contribution in [1.82, 2.24) is 15.1 Å². The average molecular weight is 234 g/mol. The lowest BCUT2D eigenvalue weighted by atomic mass is 10.2. The van der Waals surface area contributed by atoms with Crippen LogP contribution in [0.25, 0.3) is 11.5 Å². The number of ether oxygens (including phenoxy) is 1. The summed E-state index contributed by atoms with van der Waals surface area (Å²) < 4.78 is 10.3. The number of hydrogen-bond acceptors (Lipinski definition) is 6. The summed E-state index contributed by atoms with van der Waals surface area (Å²) in [5, 5.41) is 3.83. The van der Waals surface area contributed by atoms with E-state index in [9.17, 15) is 0 Å². The van der Waals surface area contributed by atoms with Crippen molar-refractivity contribution in [2.75, 3.05) is 13.2 Å². The first-order valence-corrected chi connectivity index (χ1v) is 5.38. The largest absolute Gasteiger partial charge is 0.380 e. The third-order valence-electron chi connectivity index (χ3n) is 2.20. The van der Waals surface area contributed by atoms with Crippen LogP contribution in [0.5, 0.6) is 0 Å². The third-order valence-corrected chi connectivity index (χ3v) is 2.20. The SMILES string of the molecule is CCOCC(N)c1noc(-c2ccncc2)n1. The number of pyridine rings is 1. The molecule has 0 bridgehead atoms. The van der Waals surface area contributed by atoms with Gasteiger partial charge in [-0.3, -0.25) is 4.98 Å². The zero-order chi connectivity index (χ0) is 12.1. The predicted octanol–water partition coefficient (Wildman–Crippen LogP) is 1.17. The molecule has 1 unspecified atom stereocenters. The average Bonchev–Trinajstić information content (AvgIpc) is 2.86. The van der Waals surface area contributed by atoms with E-state index in [0.29, 0.717) is 24.9 Å². The Morgan fingerprint density at radius 3 is 2.88 bits per heavy atom. The predicted molar refractivity (Wildman–Crippen MR) is 61.0 cm³/mol. The topological polar surface area (TPSA) is 87.1 Å². The van der Waals surface area contributed by atoms with E-state index in [2.05, 4.69) is 15.1 Å². The van der Waals surface area contributed by atoms with E-state index in [1.165, 1.54) is 0 Å². The van der Waals surface area contributed by atoms with E-state index in [1.807, 2.05) is 6.92 Å². The maximum atomic E-state index is 5.85. The standard InChI is InChI=1S/C11H14N4O2/c1-2-16-7-9(12)10-14-11(17-15-10)8-3-5-13-6-4-8/h3-6,9H,2,7,12H2,1H3. The Kier molecular flexibility index (Phi) is 3.79. The summed E-state index contributed by atoms with van der Waals surface area (Å²) in [5.74, 6) is 0.889. The zero-order valence-corrected chi connectivity index (χ0v) is 9.54. The molecule has 2 N–H and O–H groups in total. The van der Waals surface area contributed by atoms with Crippen LogP contribution in [0.15, 0.2) is 29.0 Å². The molecule has 2 aromatic heterocycles. The first-order chi connectivity index (χ1) is 8.31. The minimum atomic E-state index is -0.366. The van der Waals surface area contributed by atoms with Crippen LogP contribution in [0.2, 0.25) is 0 Å².